The van der Waals surface area contributed by atoms with Crippen LogP contribution in [0.1, 0.15) is 31.1 Å². The van der Waals surface area contributed by atoms with Crippen LogP contribution in [0.5, 0.6) is 5.75 Å². The molecule has 23 heavy (non-hydrogen) atoms. The van der Waals surface area contributed by atoms with Gasteiger partial charge in [0.15, 0.2) is 0 Å². The van der Waals surface area contributed by atoms with Crippen LogP contribution in [0.15, 0.2) is 24.3 Å². The minimum absolute atomic E-state index is 0.105. The van der Waals surface area contributed by atoms with E-state index >= 15 is 0 Å². The standard InChI is InChI=1S/C18H29N3O2/c1-4-20(5-2)12-13-23-17-8-6-16(7-9-17)18(22)21-11-10-19-14-15(21)3/h6-9,15,19H,4-5,10-14H2,1-3H3/t15-/m0/s1. The van der Waals surface area contributed by atoms with Crippen molar-refractivity contribution >= 4 is 5.91 Å². The highest BCUT2D eigenvalue weighted by Crippen LogP contribution is 2.15. The summed E-state index contributed by atoms with van der Waals surface area (Å²) in [5, 5.41) is 3.30. The molecule has 1 aromatic rings. The minimum Gasteiger partial charge on any atom is -0.492 e. The van der Waals surface area contributed by atoms with Crippen molar-refractivity contribution in [3.05, 3.63) is 29.8 Å². The Bertz CT molecular complexity index is 486. The van der Waals surface area contributed by atoms with E-state index in [4.69, 9.17) is 4.74 Å². The zero-order chi connectivity index (χ0) is 16.7. The molecule has 5 heteroatoms. The molecule has 1 aliphatic rings. The molecule has 2 rings (SSSR count). The molecule has 0 radical (unpaired) electrons. The highest BCUT2D eigenvalue weighted by Gasteiger charge is 2.23. The van der Waals surface area contributed by atoms with Crippen LogP contribution in [0.2, 0.25) is 0 Å². The summed E-state index contributed by atoms with van der Waals surface area (Å²) in [5.74, 6) is 0.927. The normalized spacial score (nSPS) is 18.3. The number of hydrogen-bond donors (Lipinski definition) is 1. The Balaban J connectivity index is 1.87. The van der Waals surface area contributed by atoms with Crippen molar-refractivity contribution < 1.29 is 9.53 Å². The fourth-order valence-electron chi connectivity index (χ4n) is 2.83. The van der Waals surface area contributed by atoms with E-state index in [0.29, 0.717) is 6.61 Å². The number of hydrogen-bond acceptors (Lipinski definition) is 4. The molecule has 0 aromatic heterocycles. The molecule has 128 valence electrons. The Morgan fingerprint density at radius 2 is 2.00 bits per heavy atom. The van der Waals surface area contributed by atoms with Gasteiger partial charge in [-0.15, -0.1) is 0 Å². The fourth-order valence-corrected chi connectivity index (χ4v) is 2.83. The molecule has 1 saturated heterocycles. The van der Waals surface area contributed by atoms with E-state index in [1.165, 1.54) is 0 Å². The highest BCUT2D eigenvalue weighted by atomic mass is 16.5. The van der Waals surface area contributed by atoms with Gasteiger partial charge in [0, 0.05) is 37.8 Å². The Morgan fingerprint density at radius 3 is 2.61 bits per heavy atom. The van der Waals surface area contributed by atoms with Gasteiger partial charge < -0.3 is 19.9 Å². The first-order chi connectivity index (χ1) is 11.2. The van der Waals surface area contributed by atoms with E-state index in [9.17, 15) is 4.79 Å². The van der Waals surface area contributed by atoms with E-state index in [2.05, 4.69) is 31.0 Å². The largest absolute Gasteiger partial charge is 0.492 e. The number of amides is 1. The number of nitrogens with zero attached hydrogens (tertiary/aromatic N) is 2. The van der Waals surface area contributed by atoms with E-state index in [1.807, 2.05) is 29.2 Å². The molecule has 1 heterocycles. The van der Waals surface area contributed by atoms with Crippen LogP contribution >= 0.6 is 0 Å². The van der Waals surface area contributed by atoms with Crippen LogP contribution in [0.3, 0.4) is 0 Å². The number of piperazine rings is 1. The molecule has 0 aliphatic carbocycles. The summed E-state index contributed by atoms with van der Waals surface area (Å²) in [6.45, 7) is 12.5. The number of benzene rings is 1. The second-order valence-electron chi connectivity index (χ2n) is 5.95. The van der Waals surface area contributed by atoms with Gasteiger partial charge in [0.05, 0.1) is 0 Å². The third kappa shape index (κ3) is 4.94. The van der Waals surface area contributed by atoms with E-state index in [-0.39, 0.29) is 11.9 Å². The first kappa shape index (κ1) is 17.8. The van der Waals surface area contributed by atoms with Gasteiger partial charge in [0.2, 0.25) is 0 Å². The van der Waals surface area contributed by atoms with Gasteiger partial charge in [-0.25, -0.2) is 0 Å². The number of rotatable bonds is 7. The van der Waals surface area contributed by atoms with Crippen molar-refractivity contribution in [3.8, 4) is 5.75 Å². The Hall–Kier alpha value is -1.59. The number of carbonyl (C=O) groups is 1. The quantitative estimate of drug-likeness (QED) is 0.833. The monoisotopic (exact) mass is 319 g/mol. The second-order valence-corrected chi connectivity index (χ2v) is 5.95. The highest BCUT2D eigenvalue weighted by molar-refractivity contribution is 5.94. The first-order valence-electron chi connectivity index (χ1n) is 8.62. The third-order valence-electron chi connectivity index (χ3n) is 4.43. The van der Waals surface area contributed by atoms with Crippen molar-refractivity contribution in [2.24, 2.45) is 0 Å². The Morgan fingerprint density at radius 1 is 1.30 bits per heavy atom. The van der Waals surface area contributed by atoms with Crippen LogP contribution in [-0.2, 0) is 0 Å². The van der Waals surface area contributed by atoms with Gasteiger partial charge in [-0.1, -0.05) is 13.8 Å². The molecule has 0 saturated carbocycles. The summed E-state index contributed by atoms with van der Waals surface area (Å²) in [6.07, 6.45) is 0. The van der Waals surface area contributed by atoms with E-state index < -0.39 is 0 Å². The van der Waals surface area contributed by atoms with Crippen LogP contribution in [-0.4, -0.2) is 67.6 Å². The van der Waals surface area contributed by atoms with E-state index in [1.54, 1.807) is 0 Å². The van der Waals surface area contributed by atoms with Crippen molar-refractivity contribution in [2.75, 3.05) is 45.9 Å². The molecule has 5 nitrogen and oxygen atoms in total. The van der Waals surface area contributed by atoms with Crippen molar-refractivity contribution in [2.45, 2.75) is 26.8 Å². The van der Waals surface area contributed by atoms with Gasteiger partial charge in [-0.3, -0.25) is 4.79 Å². The summed E-state index contributed by atoms with van der Waals surface area (Å²) < 4.78 is 5.76. The van der Waals surface area contributed by atoms with Crippen molar-refractivity contribution in [1.82, 2.24) is 15.1 Å². The Labute approximate surface area is 139 Å². The predicted molar refractivity (Wildman–Crippen MR) is 93.1 cm³/mol. The molecule has 0 spiro atoms. The maximum Gasteiger partial charge on any atom is 0.254 e. The van der Waals surface area contributed by atoms with Crippen molar-refractivity contribution in [1.29, 1.82) is 0 Å². The van der Waals surface area contributed by atoms with Gasteiger partial charge in [-0.2, -0.15) is 0 Å². The fraction of sp³-hybridized carbons (Fsp3) is 0.611. The van der Waals surface area contributed by atoms with Gasteiger partial charge >= 0.3 is 0 Å². The lowest BCUT2D eigenvalue weighted by atomic mass is 10.1. The number of nitrogens with one attached hydrogen (secondary N) is 1. The lowest BCUT2D eigenvalue weighted by Crippen LogP contribution is -2.52. The summed E-state index contributed by atoms with van der Waals surface area (Å²) in [4.78, 5) is 16.8. The van der Waals surface area contributed by atoms with Gasteiger partial charge in [-0.05, 0) is 44.3 Å². The molecular formula is C18H29N3O2. The lowest BCUT2D eigenvalue weighted by Gasteiger charge is -2.34. The molecule has 1 aliphatic heterocycles. The molecule has 1 amide bonds. The van der Waals surface area contributed by atoms with Crippen molar-refractivity contribution in [3.63, 3.8) is 0 Å². The predicted octanol–water partition coefficient (Wildman–Crippen LogP) is 1.84. The van der Waals surface area contributed by atoms with Crippen LogP contribution in [0.25, 0.3) is 0 Å². The average Bonchev–Trinajstić information content (AvgIpc) is 2.59. The second kappa shape index (κ2) is 8.89. The number of carbonyl (C=O) groups excluding carboxylic acids is 1. The summed E-state index contributed by atoms with van der Waals surface area (Å²) in [6, 6.07) is 7.75. The number of ether oxygens (including phenoxy) is 1. The average molecular weight is 319 g/mol. The van der Waals surface area contributed by atoms with E-state index in [0.717, 1.165) is 50.6 Å². The maximum atomic E-state index is 12.6. The smallest absolute Gasteiger partial charge is 0.254 e. The molecule has 0 unspecified atom stereocenters. The third-order valence-corrected chi connectivity index (χ3v) is 4.43. The zero-order valence-electron chi connectivity index (χ0n) is 14.5. The van der Waals surface area contributed by atoms with Gasteiger partial charge in [0.1, 0.15) is 12.4 Å². The molecule has 1 fully saturated rings. The van der Waals surface area contributed by atoms with Crippen LogP contribution in [0.4, 0.5) is 0 Å². The Kier molecular flexibility index (Phi) is 6.86. The SMILES string of the molecule is CCN(CC)CCOc1ccc(C(=O)N2CCNC[C@@H]2C)cc1. The minimum atomic E-state index is 0.105. The van der Waals surface area contributed by atoms with Gasteiger partial charge in [0.25, 0.3) is 5.91 Å². The maximum absolute atomic E-state index is 12.6. The van der Waals surface area contributed by atoms with Crippen LogP contribution in [0, 0.1) is 0 Å². The summed E-state index contributed by atoms with van der Waals surface area (Å²) in [7, 11) is 0. The summed E-state index contributed by atoms with van der Waals surface area (Å²) >= 11 is 0. The lowest BCUT2D eigenvalue weighted by molar-refractivity contribution is 0.0655. The molecular weight excluding hydrogens is 290 g/mol. The van der Waals surface area contributed by atoms with Crippen LogP contribution < -0.4 is 10.1 Å². The topological polar surface area (TPSA) is 44.8 Å². The molecule has 1 atom stereocenters. The first-order valence-corrected chi connectivity index (χ1v) is 8.62. The number of likely N-dealkylation sites (N-methyl/N-ethyl adjacent to an activating group) is 1. The molecule has 1 aromatic carbocycles. The zero-order valence-corrected chi connectivity index (χ0v) is 14.5. The summed E-state index contributed by atoms with van der Waals surface area (Å²) in [5.41, 5.74) is 0.731. The molecule has 0 bridgehead atoms. The molecule has 1 N–H and O–H groups in total.